The van der Waals surface area contributed by atoms with Gasteiger partial charge in [-0.2, -0.15) is 0 Å². The minimum atomic E-state index is 0.235. The summed E-state index contributed by atoms with van der Waals surface area (Å²) in [7, 11) is 3.93. The summed E-state index contributed by atoms with van der Waals surface area (Å²) in [6, 6.07) is 0. The number of hydrogen-bond acceptors (Lipinski definition) is 3. The third kappa shape index (κ3) is 2.10. The molecule has 0 saturated heterocycles. The predicted octanol–water partition coefficient (Wildman–Crippen LogP) is 1.08. The van der Waals surface area contributed by atoms with Crippen molar-refractivity contribution < 1.29 is 4.74 Å². The quantitative estimate of drug-likeness (QED) is 0.722. The average molecular weight is 200 g/mol. The zero-order valence-corrected chi connectivity index (χ0v) is 9.75. The van der Waals surface area contributed by atoms with Crippen molar-refractivity contribution in [3.8, 4) is 0 Å². The van der Waals surface area contributed by atoms with Gasteiger partial charge in [0.1, 0.15) is 0 Å². The highest BCUT2D eigenvalue weighted by Crippen LogP contribution is 2.38. The van der Waals surface area contributed by atoms with E-state index in [0.29, 0.717) is 5.92 Å². The fraction of sp³-hybridized carbons (Fsp3) is 1.00. The Balaban J connectivity index is 2.58. The summed E-state index contributed by atoms with van der Waals surface area (Å²) in [6.07, 6.45) is 3.87. The van der Waals surface area contributed by atoms with Crippen LogP contribution in [-0.4, -0.2) is 44.3 Å². The van der Waals surface area contributed by atoms with Gasteiger partial charge in [0.25, 0.3) is 0 Å². The molecule has 0 amide bonds. The summed E-state index contributed by atoms with van der Waals surface area (Å²) in [6.45, 7) is 4.88. The van der Waals surface area contributed by atoms with Crippen LogP contribution in [0.25, 0.3) is 0 Å². The lowest BCUT2D eigenvalue weighted by Gasteiger charge is -2.41. The van der Waals surface area contributed by atoms with Gasteiger partial charge in [0.05, 0.1) is 6.61 Å². The van der Waals surface area contributed by atoms with Gasteiger partial charge < -0.3 is 10.5 Å². The Morgan fingerprint density at radius 1 is 1.57 bits per heavy atom. The maximum absolute atomic E-state index is 5.95. The maximum Gasteiger partial charge on any atom is 0.0589 e. The van der Waals surface area contributed by atoms with Crippen LogP contribution < -0.4 is 5.73 Å². The van der Waals surface area contributed by atoms with Crippen molar-refractivity contribution in [1.29, 1.82) is 0 Å². The van der Waals surface area contributed by atoms with E-state index < -0.39 is 0 Å². The van der Waals surface area contributed by atoms with Gasteiger partial charge in [0.2, 0.25) is 0 Å². The van der Waals surface area contributed by atoms with Crippen molar-refractivity contribution in [1.82, 2.24) is 4.90 Å². The molecule has 1 rings (SSSR count). The summed E-state index contributed by atoms with van der Waals surface area (Å²) < 4.78 is 5.11. The number of nitrogens with two attached hydrogens (primary N) is 1. The molecule has 2 unspecified atom stereocenters. The smallest absolute Gasteiger partial charge is 0.0589 e. The van der Waals surface area contributed by atoms with Crippen molar-refractivity contribution in [2.24, 2.45) is 11.7 Å². The number of methoxy groups -OCH3 is 1. The molecule has 1 aliphatic carbocycles. The van der Waals surface area contributed by atoms with Crippen molar-refractivity contribution in [2.45, 2.75) is 31.7 Å². The van der Waals surface area contributed by atoms with Crippen LogP contribution in [0.2, 0.25) is 0 Å². The van der Waals surface area contributed by atoms with Crippen LogP contribution in [-0.2, 0) is 4.74 Å². The van der Waals surface area contributed by atoms with Crippen LogP contribution in [0.3, 0.4) is 0 Å². The Morgan fingerprint density at radius 2 is 2.29 bits per heavy atom. The summed E-state index contributed by atoms with van der Waals surface area (Å²) in [5.74, 6) is 0.717. The molecule has 3 heteroatoms. The third-order valence-corrected chi connectivity index (χ3v) is 3.91. The molecule has 1 aliphatic rings. The number of likely N-dealkylation sites (N-methyl/N-ethyl adjacent to an activating group) is 1. The highest BCUT2D eigenvalue weighted by Gasteiger charge is 2.41. The molecule has 0 aromatic heterocycles. The number of rotatable bonds is 5. The molecule has 2 N–H and O–H groups in total. The van der Waals surface area contributed by atoms with Gasteiger partial charge in [-0.15, -0.1) is 0 Å². The van der Waals surface area contributed by atoms with Crippen molar-refractivity contribution >= 4 is 0 Å². The first-order valence-electron chi connectivity index (χ1n) is 5.57. The van der Waals surface area contributed by atoms with E-state index in [0.717, 1.165) is 19.7 Å². The first-order chi connectivity index (χ1) is 6.67. The van der Waals surface area contributed by atoms with E-state index in [2.05, 4.69) is 18.9 Å². The van der Waals surface area contributed by atoms with Crippen molar-refractivity contribution in [3.05, 3.63) is 0 Å². The Hall–Kier alpha value is -0.120. The second kappa shape index (κ2) is 5.10. The van der Waals surface area contributed by atoms with Gasteiger partial charge in [-0.25, -0.2) is 0 Å². The number of ether oxygens (including phenoxy) is 1. The largest absolute Gasteiger partial charge is 0.383 e. The SMILES string of the molecule is COCCN(C)C1(CN)CCCC1C. The fourth-order valence-electron chi connectivity index (χ4n) is 2.71. The second-order valence-electron chi connectivity index (χ2n) is 4.52. The zero-order chi connectivity index (χ0) is 10.6. The van der Waals surface area contributed by atoms with Gasteiger partial charge in [-0.3, -0.25) is 4.90 Å². The summed E-state index contributed by atoms with van der Waals surface area (Å²) in [5.41, 5.74) is 6.18. The molecule has 0 heterocycles. The van der Waals surface area contributed by atoms with Gasteiger partial charge >= 0.3 is 0 Å². The monoisotopic (exact) mass is 200 g/mol. The minimum Gasteiger partial charge on any atom is -0.383 e. The topological polar surface area (TPSA) is 38.5 Å². The van der Waals surface area contributed by atoms with E-state index in [1.54, 1.807) is 7.11 Å². The molecule has 0 radical (unpaired) electrons. The van der Waals surface area contributed by atoms with E-state index in [1.165, 1.54) is 19.3 Å². The first kappa shape index (κ1) is 12.0. The van der Waals surface area contributed by atoms with Gasteiger partial charge in [0, 0.05) is 25.7 Å². The Morgan fingerprint density at radius 3 is 2.71 bits per heavy atom. The van der Waals surface area contributed by atoms with Crippen LogP contribution in [0.1, 0.15) is 26.2 Å². The molecule has 2 atom stereocenters. The van der Waals surface area contributed by atoms with Crippen LogP contribution in [0.15, 0.2) is 0 Å². The lowest BCUT2D eigenvalue weighted by Crippen LogP contribution is -2.54. The molecule has 0 bridgehead atoms. The highest BCUT2D eigenvalue weighted by molar-refractivity contribution is 4.99. The molecule has 0 spiro atoms. The fourth-order valence-corrected chi connectivity index (χ4v) is 2.71. The molecule has 1 saturated carbocycles. The molecule has 3 nitrogen and oxygen atoms in total. The van der Waals surface area contributed by atoms with Crippen LogP contribution >= 0.6 is 0 Å². The normalized spacial score (nSPS) is 32.8. The van der Waals surface area contributed by atoms with E-state index >= 15 is 0 Å². The number of nitrogens with zero attached hydrogens (tertiary/aromatic N) is 1. The Kier molecular flexibility index (Phi) is 4.35. The molecule has 0 aliphatic heterocycles. The summed E-state index contributed by atoms with van der Waals surface area (Å²) in [4.78, 5) is 2.40. The molecular formula is C11H24N2O. The predicted molar refractivity (Wildman–Crippen MR) is 59.3 cm³/mol. The molecule has 0 aromatic carbocycles. The van der Waals surface area contributed by atoms with E-state index in [9.17, 15) is 0 Å². The van der Waals surface area contributed by atoms with Crippen molar-refractivity contribution in [2.75, 3.05) is 33.9 Å². The molecular weight excluding hydrogens is 176 g/mol. The zero-order valence-electron chi connectivity index (χ0n) is 9.75. The van der Waals surface area contributed by atoms with Gasteiger partial charge in [-0.05, 0) is 25.8 Å². The van der Waals surface area contributed by atoms with Gasteiger partial charge in [-0.1, -0.05) is 13.3 Å². The number of hydrogen-bond donors (Lipinski definition) is 1. The lowest BCUT2D eigenvalue weighted by molar-refractivity contribution is 0.0607. The molecule has 0 aromatic rings. The highest BCUT2D eigenvalue weighted by atomic mass is 16.5. The maximum atomic E-state index is 5.95. The summed E-state index contributed by atoms with van der Waals surface area (Å²) >= 11 is 0. The van der Waals surface area contributed by atoms with Crippen LogP contribution in [0.5, 0.6) is 0 Å². The standard InChI is InChI=1S/C11H24N2O/c1-10-5-4-6-11(10,9-12)13(2)7-8-14-3/h10H,4-9,12H2,1-3H3. The average Bonchev–Trinajstić information content (AvgIpc) is 2.57. The first-order valence-corrected chi connectivity index (χ1v) is 5.57. The molecule has 1 fully saturated rings. The summed E-state index contributed by atoms with van der Waals surface area (Å²) in [5, 5.41) is 0. The Labute approximate surface area is 87.6 Å². The lowest BCUT2D eigenvalue weighted by atomic mass is 9.87. The molecule has 84 valence electrons. The Bertz CT molecular complexity index is 175. The van der Waals surface area contributed by atoms with E-state index in [1.807, 2.05) is 0 Å². The van der Waals surface area contributed by atoms with Crippen LogP contribution in [0, 0.1) is 5.92 Å². The molecule has 14 heavy (non-hydrogen) atoms. The second-order valence-corrected chi connectivity index (χ2v) is 4.52. The minimum absolute atomic E-state index is 0.235. The van der Waals surface area contributed by atoms with E-state index in [4.69, 9.17) is 10.5 Å². The third-order valence-electron chi connectivity index (χ3n) is 3.91. The van der Waals surface area contributed by atoms with Crippen molar-refractivity contribution in [3.63, 3.8) is 0 Å². The van der Waals surface area contributed by atoms with Gasteiger partial charge in [0.15, 0.2) is 0 Å². The van der Waals surface area contributed by atoms with E-state index in [-0.39, 0.29) is 5.54 Å². The van der Waals surface area contributed by atoms with Crippen LogP contribution in [0.4, 0.5) is 0 Å².